The molecule has 0 N–H and O–H groups in total. The third-order valence-corrected chi connectivity index (χ3v) is 4.27. The zero-order valence-electron chi connectivity index (χ0n) is 8.29. The molecule has 84 valence electrons. The van der Waals surface area contributed by atoms with Crippen molar-refractivity contribution in [2.45, 2.75) is 11.8 Å². The van der Waals surface area contributed by atoms with Crippen LogP contribution in [0, 0.1) is 5.82 Å². The predicted octanol–water partition coefficient (Wildman–Crippen LogP) is 5.17. The minimum Gasteiger partial charge on any atom is -0.207 e. The van der Waals surface area contributed by atoms with Crippen LogP contribution in [0.15, 0.2) is 40.2 Å². The maximum absolute atomic E-state index is 13.1. The van der Waals surface area contributed by atoms with Crippen LogP contribution in [0.4, 0.5) is 4.39 Å². The van der Waals surface area contributed by atoms with Gasteiger partial charge in [0.05, 0.1) is 5.38 Å². The van der Waals surface area contributed by atoms with E-state index in [0.717, 1.165) is 16.5 Å². The molecule has 0 aliphatic rings. The van der Waals surface area contributed by atoms with Gasteiger partial charge in [0.2, 0.25) is 0 Å². The van der Waals surface area contributed by atoms with Crippen LogP contribution < -0.4 is 0 Å². The van der Waals surface area contributed by atoms with Crippen molar-refractivity contribution in [3.05, 3.63) is 56.4 Å². The summed E-state index contributed by atoms with van der Waals surface area (Å²) < 4.78 is 14.0. The lowest BCUT2D eigenvalue weighted by Gasteiger charge is -2.10. The summed E-state index contributed by atoms with van der Waals surface area (Å²) in [5, 5.41) is 1.81. The van der Waals surface area contributed by atoms with E-state index in [0.29, 0.717) is 0 Å². The minimum atomic E-state index is -0.255. The fourth-order valence-electron chi connectivity index (χ4n) is 1.47. The van der Waals surface area contributed by atoms with Gasteiger partial charge >= 0.3 is 0 Å². The largest absolute Gasteiger partial charge is 0.207 e. The van der Waals surface area contributed by atoms with Crippen LogP contribution in [0.3, 0.4) is 0 Å². The molecule has 0 amide bonds. The van der Waals surface area contributed by atoms with Gasteiger partial charge in [0, 0.05) is 15.8 Å². The third kappa shape index (κ3) is 2.84. The van der Waals surface area contributed by atoms with Gasteiger partial charge in [-0.3, -0.25) is 0 Å². The van der Waals surface area contributed by atoms with E-state index in [1.54, 1.807) is 17.4 Å². The Bertz CT molecular complexity index is 470. The molecule has 4 heteroatoms. The van der Waals surface area contributed by atoms with Crippen molar-refractivity contribution in [3.63, 3.8) is 0 Å². The highest BCUT2D eigenvalue weighted by atomic mass is 79.9. The third-order valence-electron chi connectivity index (χ3n) is 2.26. The van der Waals surface area contributed by atoms with E-state index in [-0.39, 0.29) is 11.2 Å². The van der Waals surface area contributed by atoms with E-state index in [1.807, 2.05) is 17.5 Å². The summed E-state index contributed by atoms with van der Waals surface area (Å²) in [5.74, 6) is -0.255. The number of hydrogen-bond donors (Lipinski definition) is 0. The van der Waals surface area contributed by atoms with Gasteiger partial charge in [-0.1, -0.05) is 22.0 Å². The Labute approximate surface area is 111 Å². The number of halogens is 3. The average Bonchev–Trinajstić information content (AvgIpc) is 2.74. The average molecular weight is 320 g/mol. The molecule has 0 aliphatic heterocycles. The molecular weight excluding hydrogens is 311 g/mol. The Morgan fingerprint density at radius 3 is 2.88 bits per heavy atom. The monoisotopic (exact) mass is 318 g/mol. The highest BCUT2D eigenvalue weighted by molar-refractivity contribution is 9.10. The van der Waals surface area contributed by atoms with Crippen molar-refractivity contribution in [3.8, 4) is 0 Å². The predicted molar refractivity (Wildman–Crippen MR) is 70.7 cm³/mol. The molecule has 0 saturated carbocycles. The molecule has 0 nitrogen and oxygen atoms in total. The van der Waals surface area contributed by atoms with Crippen molar-refractivity contribution in [2.75, 3.05) is 0 Å². The Hall–Kier alpha value is -0.380. The topological polar surface area (TPSA) is 0 Å². The van der Waals surface area contributed by atoms with Crippen LogP contribution >= 0.6 is 38.9 Å². The second-order valence-corrected chi connectivity index (χ2v) is 5.83. The molecule has 1 heterocycles. The fourth-order valence-corrected chi connectivity index (χ4v) is 3.31. The standard InChI is InChI=1S/C12H9BrClFS/c13-11-4-3-8(15)6-10(11)12(14)7-9-2-1-5-16-9/h1-6,12H,7H2. The molecule has 1 aromatic heterocycles. The molecule has 1 atom stereocenters. The fraction of sp³-hybridized carbons (Fsp3) is 0.167. The maximum Gasteiger partial charge on any atom is 0.123 e. The summed E-state index contributed by atoms with van der Waals surface area (Å²) in [5.41, 5.74) is 0.801. The van der Waals surface area contributed by atoms with E-state index in [2.05, 4.69) is 15.9 Å². The van der Waals surface area contributed by atoms with Crippen LogP contribution in [0.5, 0.6) is 0 Å². The number of hydrogen-bond acceptors (Lipinski definition) is 1. The quantitative estimate of drug-likeness (QED) is 0.684. The zero-order chi connectivity index (χ0) is 11.5. The molecule has 0 saturated heterocycles. The number of benzene rings is 1. The second-order valence-electron chi connectivity index (χ2n) is 3.42. The van der Waals surface area contributed by atoms with Crippen molar-refractivity contribution in [1.29, 1.82) is 0 Å². The molecule has 0 radical (unpaired) electrons. The Morgan fingerprint density at radius 2 is 2.19 bits per heavy atom. The summed E-state index contributed by atoms with van der Waals surface area (Å²) >= 11 is 11.3. The van der Waals surface area contributed by atoms with Gasteiger partial charge in [-0.25, -0.2) is 4.39 Å². The Morgan fingerprint density at radius 1 is 1.38 bits per heavy atom. The molecule has 0 bridgehead atoms. The first-order valence-electron chi connectivity index (χ1n) is 4.78. The first kappa shape index (κ1) is 12.1. The van der Waals surface area contributed by atoms with Gasteiger partial charge in [0.15, 0.2) is 0 Å². The molecule has 0 fully saturated rings. The first-order chi connectivity index (χ1) is 7.66. The first-order valence-corrected chi connectivity index (χ1v) is 6.89. The molecule has 0 aliphatic carbocycles. The Balaban J connectivity index is 2.20. The van der Waals surface area contributed by atoms with Crippen molar-refractivity contribution in [2.24, 2.45) is 0 Å². The molecule has 0 spiro atoms. The van der Waals surface area contributed by atoms with Gasteiger partial charge in [0.25, 0.3) is 0 Å². The lowest BCUT2D eigenvalue weighted by atomic mass is 10.1. The maximum atomic E-state index is 13.1. The highest BCUT2D eigenvalue weighted by Gasteiger charge is 2.13. The van der Waals surface area contributed by atoms with E-state index in [4.69, 9.17) is 11.6 Å². The normalized spacial score (nSPS) is 12.7. The van der Waals surface area contributed by atoms with Crippen LogP contribution in [-0.2, 0) is 6.42 Å². The van der Waals surface area contributed by atoms with Gasteiger partial charge in [-0.2, -0.15) is 0 Å². The Kier molecular flexibility index (Phi) is 4.00. The minimum absolute atomic E-state index is 0.205. The van der Waals surface area contributed by atoms with Gasteiger partial charge in [-0.15, -0.1) is 22.9 Å². The van der Waals surface area contributed by atoms with Crippen LogP contribution in [0.25, 0.3) is 0 Å². The van der Waals surface area contributed by atoms with E-state index in [9.17, 15) is 4.39 Å². The van der Waals surface area contributed by atoms with Crippen molar-refractivity contribution < 1.29 is 4.39 Å². The molecule has 1 unspecified atom stereocenters. The summed E-state index contributed by atoms with van der Waals surface area (Å²) in [6, 6.07) is 8.61. The number of thiophene rings is 1. The van der Waals surface area contributed by atoms with Crippen LogP contribution in [0.1, 0.15) is 15.8 Å². The van der Waals surface area contributed by atoms with Crippen LogP contribution in [-0.4, -0.2) is 0 Å². The molecule has 16 heavy (non-hydrogen) atoms. The number of alkyl halides is 1. The van der Waals surface area contributed by atoms with Crippen LogP contribution in [0.2, 0.25) is 0 Å². The summed E-state index contributed by atoms with van der Waals surface area (Å²) in [6.07, 6.45) is 0.723. The van der Waals surface area contributed by atoms with Gasteiger partial charge in [-0.05, 0) is 35.2 Å². The summed E-state index contributed by atoms with van der Waals surface area (Å²) in [6.45, 7) is 0. The van der Waals surface area contributed by atoms with Gasteiger partial charge < -0.3 is 0 Å². The highest BCUT2D eigenvalue weighted by Crippen LogP contribution is 2.32. The SMILES string of the molecule is Fc1ccc(Br)c(C(Cl)Cc2cccs2)c1. The smallest absolute Gasteiger partial charge is 0.123 e. The lowest BCUT2D eigenvalue weighted by molar-refractivity contribution is 0.624. The van der Waals surface area contributed by atoms with E-state index < -0.39 is 0 Å². The number of rotatable bonds is 3. The zero-order valence-corrected chi connectivity index (χ0v) is 11.4. The van der Waals surface area contributed by atoms with E-state index in [1.165, 1.54) is 17.0 Å². The second kappa shape index (κ2) is 5.30. The van der Waals surface area contributed by atoms with Crippen molar-refractivity contribution >= 4 is 38.9 Å². The van der Waals surface area contributed by atoms with Gasteiger partial charge in [0.1, 0.15) is 5.82 Å². The summed E-state index contributed by atoms with van der Waals surface area (Å²) in [7, 11) is 0. The molecule has 1 aromatic carbocycles. The summed E-state index contributed by atoms with van der Waals surface area (Å²) in [4.78, 5) is 1.20. The molecule has 2 aromatic rings. The van der Waals surface area contributed by atoms with E-state index >= 15 is 0 Å². The lowest BCUT2D eigenvalue weighted by Crippen LogP contribution is -1.96. The molecule has 2 rings (SSSR count). The van der Waals surface area contributed by atoms with Crippen molar-refractivity contribution in [1.82, 2.24) is 0 Å². The molecular formula is C12H9BrClFS.